The molecule has 0 heterocycles. The summed E-state index contributed by atoms with van der Waals surface area (Å²) in [5.41, 5.74) is 1.29. The third kappa shape index (κ3) is 5.53. The summed E-state index contributed by atoms with van der Waals surface area (Å²) < 4.78 is 16.7. The molecule has 0 amide bonds. The molecule has 0 radical (unpaired) electrons. The van der Waals surface area contributed by atoms with Crippen LogP contribution >= 0.6 is 0 Å². The second-order valence-corrected chi connectivity index (χ2v) is 6.69. The standard InChI is InChI=1S/C21H33NO4/c1-4-24-20(23)21(25-5-2,26-6-3)15-14-18-12-13-19(18)22-16-17-10-8-7-9-11-17/h7-11,18-19,22H,4-6,12-16H2,1-3H3. The van der Waals surface area contributed by atoms with Crippen LogP contribution < -0.4 is 5.32 Å². The Labute approximate surface area is 157 Å². The van der Waals surface area contributed by atoms with E-state index in [-0.39, 0.29) is 0 Å². The zero-order valence-corrected chi connectivity index (χ0v) is 16.3. The highest BCUT2D eigenvalue weighted by Crippen LogP contribution is 2.35. The smallest absolute Gasteiger partial charge is 0.366 e. The molecular formula is C21H33NO4. The zero-order chi connectivity index (χ0) is 18.8. The van der Waals surface area contributed by atoms with Crippen molar-refractivity contribution in [2.75, 3.05) is 19.8 Å². The molecule has 1 aromatic carbocycles. The van der Waals surface area contributed by atoms with Gasteiger partial charge in [-0.15, -0.1) is 0 Å². The van der Waals surface area contributed by atoms with Gasteiger partial charge in [0.2, 0.25) is 0 Å². The van der Waals surface area contributed by atoms with Crippen LogP contribution in [0.15, 0.2) is 30.3 Å². The lowest BCUT2D eigenvalue weighted by atomic mass is 9.76. The Morgan fingerprint density at radius 1 is 1.08 bits per heavy atom. The lowest BCUT2D eigenvalue weighted by Crippen LogP contribution is -2.49. The van der Waals surface area contributed by atoms with Gasteiger partial charge in [-0.05, 0) is 51.5 Å². The zero-order valence-electron chi connectivity index (χ0n) is 16.3. The van der Waals surface area contributed by atoms with Crippen molar-refractivity contribution in [3.63, 3.8) is 0 Å². The van der Waals surface area contributed by atoms with Crippen molar-refractivity contribution < 1.29 is 19.0 Å². The van der Waals surface area contributed by atoms with Gasteiger partial charge in [0.25, 0.3) is 5.79 Å². The van der Waals surface area contributed by atoms with Crippen LogP contribution in [0.2, 0.25) is 0 Å². The van der Waals surface area contributed by atoms with E-state index in [9.17, 15) is 4.79 Å². The average molecular weight is 363 g/mol. The predicted octanol–water partition coefficient (Wildman–Crippen LogP) is 3.67. The molecule has 2 atom stereocenters. The van der Waals surface area contributed by atoms with Crippen molar-refractivity contribution in [2.24, 2.45) is 5.92 Å². The summed E-state index contributed by atoms with van der Waals surface area (Å²) in [5.74, 6) is -1.13. The number of benzene rings is 1. The maximum atomic E-state index is 12.5. The highest BCUT2D eigenvalue weighted by molar-refractivity contribution is 5.77. The molecule has 0 bridgehead atoms. The van der Waals surface area contributed by atoms with E-state index in [1.165, 1.54) is 18.4 Å². The fourth-order valence-electron chi connectivity index (χ4n) is 3.52. The number of hydrogen-bond donors (Lipinski definition) is 1. The van der Waals surface area contributed by atoms with E-state index >= 15 is 0 Å². The number of carbonyl (C=O) groups excluding carboxylic acids is 1. The normalized spacial score (nSPS) is 19.8. The van der Waals surface area contributed by atoms with Crippen molar-refractivity contribution in [3.8, 4) is 0 Å². The molecule has 146 valence electrons. The first-order chi connectivity index (χ1) is 12.6. The van der Waals surface area contributed by atoms with Crippen molar-refractivity contribution in [1.82, 2.24) is 5.32 Å². The van der Waals surface area contributed by atoms with Crippen LogP contribution in [-0.2, 0) is 25.5 Å². The second-order valence-electron chi connectivity index (χ2n) is 6.69. The first-order valence-electron chi connectivity index (χ1n) is 9.87. The van der Waals surface area contributed by atoms with Crippen LogP contribution in [0.5, 0.6) is 0 Å². The summed E-state index contributed by atoms with van der Waals surface area (Å²) >= 11 is 0. The number of esters is 1. The Morgan fingerprint density at radius 2 is 1.77 bits per heavy atom. The van der Waals surface area contributed by atoms with E-state index in [4.69, 9.17) is 14.2 Å². The van der Waals surface area contributed by atoms with Gasteiger partial charge >= 0.3 is 5.97 Å². The van der Waals surface area contributed by atoms with Gasteiger partial charge in [0, 0.05) is 32.2 Å². The number of rotatable bonds is 12. The molecule has 1 saturated carbocycles. The molecule has 2 unspecified atom stereocenters. The van der Waals surface area contributed by atoms with E-state index in [0.717, 1.165) is 13.0 Å². The maximum absolute atomic E-state index is 12.5. The molecular weight excluding hydrogens is 330 g/mol. The predicted molar refractivity (Wildman–Crippen MR) is 102 cm³/mol. The Hall–Kier alpha value is -1.43. The summed E-state index contributed by atoms with van der Waals surface area (Å²) in [6.07, 6.45) is 3.75. The largest absolute Gasteiger partial charge is 0.462 e. The van der Waals surface area contributed by atoms with Gasteiger partial charge in [0.1, 0.15) is 0 Å². The minimum atomic E-state index is -1.26. The molecule has 5 heteroatoms. The Bertz CT molecular complexity index is 528. The lowest BCUT2D eigenvalue weighted by molar-refractivity contribution is -0.249. The van der Waals surface area contributed by atoms with Crippen molar-refractivity contribution >= 4 is 5.97 Å². The number of hydrogen-bond acceptors (Lipinski definition) is 5. The van der Waals surface area contributed by atoms with Crippen LogP contribution in [0.4, 0.5) is 0 Å². The van der Waals surface area contributed by atoms with Gasteiger partial charge < -0.3 is 19.5 Å². The third-order valence-electron chi connectivity index (χ3n) is 5.01. The van der Waals surface area contributed by atoms with E-state index < -0.39 is 11.8 Å². The van der Waals surface area contributed by atoms with Gasteiger partial charge in [-0.2, -0.15) is 0 Å². The molecule has 2 rings (SSSR count). The molecule has 1 aliphatic rings. The van der Waals surface area contributed by atoms with Gasteiger partial charge in [-0.3, -0.25) is 0 Å². The highest BCUT2D eigenvalue weighted by atomic mass is 16.7. The minimum absolute atomic E-state index is 0.325. The van der Waals surface area contributed by atoms with Gasteiger partial charge in [0.05, 0.1) is 6.61 Å². The molecule has 0 aliphatic heterocycles. The number of nitrogens with one attached hydrogen (secondary N) is 1. The average Bonchev–Trinajstić information content (AvgIpc) is 2.62. The van der Waals surface area contributed by atoms with Gasteiger partial charge in [-0.1, -0.05) is 30.3 Å². The highest BCUT2D eigenvalue weighted by Gasteiger charge is 2.43. The SMILES string of the molecule is CCOC(=O)C(CCC1CCC1NCc1ccccc1)(OCC)OCC. The van der Waals surface area contributed by atoms with E-state index in [2.05, 4.69) is 29.6 Å². The molecule has 1 fully saturated rings. The lowest BCUT2D eigenvalue weighted by Gasteiger charge is -2.40. The summed E-state index contributed by atoms with van der Waals surface area (Å²) in [6, 6.07) is 10.9. The van der Waals surface area contributed by atoms with Crippen LogP contribution in [0.3, 0.4) is 0 Å². The van der Waals surface area contributed by atoms with E-state index in [0.29, 0.717) is 38.2 Å². The fourth-order valence-corrected chi connectivity index (χ4v) is 3.52. The minimum Gasteiger partial charge on any atom is -0.462 e. The Kier molecular flexibility index (Phi) is 8.55. The van der Waals surface area contributed by atoms with Crippen molar-refractivity contribution in [1.29, 1.82) is 0 Å². The Morgan fingerprint density at radius 3 is 2.31 bits per heavy atom. The fraction of sp³-hybridized carbons (Fsp3) is 0.667. The quantitative estimate of drug-likeness (QED) is 0.454. The molecule has 0 aromatic heterocycles. The monoisotopic (exact) mass is 363 g/mol. The molecule has 26 heavy (non-hydrogen) atoms. The van der Waals surface area contributed by atoms with E-state index in [1.807, 2.05) is 19.9 Å². The third-order valence-corrected chi connectivity index (χ3v) is 5.01. The molecule has 1 aliphatic carbocycles. The van der Waals surface area contributed by atoms with Crippen LogP contribution in [0.25, 0.3) is 0 Å². The topological polar surface area (TPSA) is 56.8 Å². The summed E-state index contributed by atoms with van der Waals surface area (Å²) in [6.45, 7) is 7.59. The molecule has 1 aromatic rings. The molecule has 5 nitrogen and oxygen atoms in total. The van der Waals surface area contributed by atoms with E-state index in [1.54, 1.807) is 6.92 Å². The van der Waals surface area contributed by atoms with Gasteiger partial charge in [0.15, 0.2) is 0 Å². The molecule has 0 saturated heterocycles. The maximum Gasteiger partial charge on any atom is 0.366 e. The summed E-state index contributed by atoms with van der Waals surface area (Å²) in [5, 5.41) is 3.64. The van der Waals surface area contributed by atoms with Crippen molar-refractivity contribution in [3.05, 3.63) is 35.9 Å². The number of ether oxygens (including phenoxy) is 3. The summed E-state index contributed by atoms with van der Waals surface area (Å²) in [7, 11) is 0. The summed E-state index contributed by atoms with van der Waals surface area (Å²) in [4.78, 5) is 12.5. The van der Waals surface area contributed by atoms with Gasteiger partial charge in [-0.25, -0.2) is 4.79 Å². The van der Waals surface area contributed by atoms with Crippen LogP contribution in [0, 0.1) is 5.92 Å². The van der Waals surface area contributed by atoms with Crippen molar-refractivity contribution in [2.45, 2.75) is 64.8 Å². The van der Waals surface area contributed by atoms with Crippen LogP contribution in [0.1, 0.15) is 52.0 Å². The number of carbonyl (C=O) groups is 1. The first-order valence-corrected chi connectivity index (χ1v) is 9.87. The Balaban J connectivity index is 1.89. The first kappa shape index (κ1) is 20.9. The van der Waals surface area contributed by atoms with Crippen LogP contribution in [-0.4, -0.2) is 37.6 Å². The molecule has 0 spiro atoms. The molecule has 1 N–H and O–H groups in total. The second kappa shape index (κ2) is 10.7.